The van der Waals surface area contributed by atoms with Crippen LogP contribution in [0, 0.1) is 13.8 Å². The summed E-state index contributed by atoms with van der Waals surface area (Å²) in [6.07, 6.45) is -0.937. The Morgan fingerprint density at radius 2 is 2.16 bits per heavy atom. The first kappa shape index (κ1) is 16.1. The fourth-order valence-electron chi connectivity index (χ4n) is 1.59. The van der Waals surface area contributed by atoms with Crippen LogP contribution in [0.2, 0.25) is 0 Å². The first-order valence-electron chi connectivity index (χ1n) is 5.57. The number of sulfonamides is 1. The molecule has 0 radical (unpaired) electrons. The zero-order valence-electron chi connectivity index (χ0n) is 11.0. The second-order valence-electron chi connectivity index (χ2n) is 4.08. The van der Waals surface area contributed by atoms with Crippen molar-refractivity contribution >= 4 is 27.3 Å². The van der Waals surface area contributed by atoms with Crippen molar-refractivity contribution in [3.8, 4) is 0 Å². The molecule has 0 saturated carbocycles. The van der Waals surface area contributed by atoms with Gasteiger partial charge in [-0.25, -0.2) is 13.1 Å². The topological polar surface area (TPSA) is 92.7 Å². The second-order valence-corrected chi connectivity index (χ2v) is 7.28. The van der Waals surface area contributed by atoms with E-state index < -0.39 is 22.1 Å². The summed E-state index contributed by atoms with van der Waals surface area (Å²) >= 11 is 1.40. The summed E-state index contributed by atoms with van der Waals surface area (Å²) in [5.41, 5.74) is 0. The van der Waals surface area contributed by atoms with Gasteiger partial charge in [-0.1, -0.05) is 0 Å². The van der Waals surface area contributed by atoms with Gasteiger partial charge in [-0.05, 0) is 19.9 Å². The summed E-state index contributed by atoms with van der Waals surface area (Å²) < 4.78 is 31.4. The van der Waals surface area contributed by atoms with E-state index in [-0.39, 0.29) is 17.9 Å². The summed E-state index contributed by atoms with van der Waals surface area (Å²) in [5.74, 6) is -1.03. The number of hydrogen-bond donors (Lipinski definition) is 2. The molecule has 8 heteroatoms. The van der Waals surface area contributed by atoms with Crippen LogP contribution in [0.15, 0.2) is 11.0 Å². The van der Waals surface area contributed by atoms with E-state index in [4.69, 9.17) is 9.84 Å². The highest BCUT2D eigenvalue weighted by molar-refractivity contribution is 7.89. The molecule has 0 aromatic carbocycles. The third kappa shape index (κ3) is 4.57. The van der Waals surface area contributed by atoms with Gasteiger partial charge in [0, 0.05) is 23.4 Å². The van der Waals surface area contributed by atoms with Gasteiger partial charge in [0.05, 0.1) is 17.4 Å². The molecular weight excluding hydrogens is 290 g/mol. The van der Waals surface area contributed by atoms with E-state index >= 15 is 0 Å². The van der Waals surface area contributed by atoms with E-state index in [9.17, 15) is 13.2 Å². The molecule has 19 heavy (non-hydrogen) atoms. The predicted octanol–water partition coefficient (Wildman–Crippen LogP) is 1.13. The van der Waals surface area contributed by atoms with E-state index in [1.807, 2.05) is 6.92 Å². The number of carboxylic acids is 1. The minimum absolute atomic E-state index is 0.0700. The van der Waals surface area contributed by atoms with E-state index in [1.165, 1.54) is 18.4 Å². The molecule has 1 atom stereocenters. The maximum absolute atomic E-state index is 12.1. The molecule has 0 saturated heterocycles. The Labute approximate surface area is 116 Å². The molecular formula is C11H17NO5S2. The largest absolute Gasteiger partial charge is 0.481 e. The van der Waals surface area contributed by atoms with E-state index in [0.29, 0.717) is 4.88 Å². The van der Waals surface area contributed by atoms with Crippen molar-refractivity contribution in [1.29, 1.82) is 0 Å². The molecule has 0 spiro atoms. The van der Waals surface area contributed by atoms with Crippen LogP contribution in [0.5, 0.6) is 0 Å². The van der Waals surface area contributed by atoms with Crippen molar-refractivity contribution in [3.05, 3.63) is 15.8 Å². The minimum Gasteiger partial charge on any atom is -0.481 e. The SMILES string of the molecule is COC(CNS(=O)(=O)c1cc(C)sc1C)CC(=O)O. The summed E-state index contributed by atoms with van der Waals surface area (Å²) in [6, 6.07) is 1.60. The van der Waals surface area contributed by atoms with Gasteiger partial charge in [0.1, 0.15) is 0 Å². The Bertz CT molecular complexity index is 549. The molecule has 6 nitrogen and oxygen atoms in total. The third-order valence-electron chi connectivity index (χ3n) is 2.52. The lowest BCUT2D eigenvalue weighted by molar-refractivity contribution is -0.139. The van der Waals surface area contributed by atoms with Crippen LogP contribution in [-0.4, -0.2) is 39.3 Å². The van der Waals surface area contributed by atoms with Crippen molar-refractivity contribution in [3.63, 3.8) is 0 Å². The molecule has 0 amide bonds. The second kappa shape index (κ2) is 6.47. The van der Waals surface area contributed by atoms with Crippen LogP contribution in [0.1, 0.15) is 16.2 Å². The fraction of sp³-hybridized carbons (Fsp3) is 0.545. The molecule has 0 fully saturated rings. The first-order chi connectivity index (χ1) is 8.76. The Morgan fingerprint density at radius 1 is 1.53 bits per heavy atom. The molecule has 2 N–H and O–H groups in total. The van der Waals surface area contributed by atoms with Crippen molar-refractivity contribution in [2.75, 3.05) is 13.7 Å². The standard InChI is InChI=1S/C11H17NO5S2/c1-7-4-10(8(2)18-7)19(15,16)12-6-9(17-3)5-11(13)14/h4,9,12H,5-6H2,1-3H3,(H,13,14). The van der Waals surface area contributed by atoms with Gasteiger partial charge < -0.3 is 9.84 Å². The number of nitrogens with one attached hydrogen (secondary N) is 1. The Morgan fingerprint density at radius 3 is 2.58 bits per heavy atom. The van der Waals surface area contributed by atoms with Gasteiger partial charge in [0.2, 0.25) is 10.0 Å². The van der Waals surface area contributed by atoms with Crippen molar-refractivity contribution in [2.45, 2.75) is 31.3 Å². The highest BCUT2D eigenvalue weighted by atomic mass is 32.2. The van der Waals surface area contributed by atoms with Gasteiger partial charge in [-0.2, -0.15) is 0 Å². The Balaban J connectivity index is 2.75. The minimum atomic E-state index is -3.62. The van der Waals surface area contributed by atoms with Crippen LogP contribution < -0.4 is 4.72 Å². The van der Waals surface area contributed by atoms with Gasteiger partial charge in [-0.15, -0.1) is 11.3 Å². The molecule has 0 aliphatic carbocycles. The third-order valence-corrected chi connectivity index (χ3v) is 5.17. The molecule has 0 bridgehead atoms. The van der Waals surface area contributed by atoms with Gasteiger partial charge in [0.15, 0.2) is 0 Å². The number of carboxylic acid groups (broad SMARTS) is 1. The smallest absolute Gasteiger partial charge is 0.306 e. The highest BCUT2D eigenvalue weighted by Gasteiger charge is 2.21. The lowest BCUT2D eigenvalue weighted by Crippen LogP contribution is -2.34. The van der Waals surface area contributed by atoms with E-state index in [1.54, 1.807) is 13.0 Å². The van der Waals surface area contributed by atoms with Crippen LogP contribution in [0.3, 0.4) is 0 Å². The summed E-state index contributed by atoms with van der Waals surface area (Å²) in [4.78, 5) is 12.4. The average Bonchev–Trinajstić information content (AvgIpc) is 2.64. The number of thiophene rings is 1. The molecule has 1 unspecified atom stereocenters. The fourth-order valence-corrected chi connectivity index (χ4v) is 4.21. The molecule has 1 aromatic heterocycles. The predicted molar refractivity (Wildman–Crippen MR) is 72.0 cm³/mol. The quantitative estimate of drug-likeness (QED) is 0.788. The Hall–Kier alpha value is -0.960. The van der Waals surface area contributed by atoms with Crippen molar-refractivity contribution < 1.29 is 23.1 Å². The first-order valence-corrected chi connectivity index (χ1v) is 7.87. The lowest BCUT2D eigenvalue weighted by Gasteiger charge is -2.14. The van der Waals surface area contributed by atoms with Crippen LogP contribution in [0.4, 0.5) is 0 Å². The zero-order valence-corrected chi connectivity index (χ0v) is 12.6. The molecule has 0 aliphatic rings. The van der Waals surface area contributed by atoms with Crippen LogP contribution in [0.25, 0.3) is 0 Å². The maximum atomic E-state index is 12.1. The maximum Gasteiger partial charge on any atom is 0.306 e. The number of carbonyl (C=O) groups is 1. The van der Waals surface area contributed by atoms with E-state index in [2.05, 4.69) is 4.72 Å². The van der Waals surface area contributed by atoms with Gasteiger partial charge >= 0.3 is 5.97 Å². The molecule has 108 valence electrons. The average molecular weight is 307 g/mol. The number of methoxy groups -OCH3 is 1. The molecule has 0 aliphatic heterocycles. The summed E-state index contributed by atoms with van der Waals surface area (Å²) in [6.45, 7) is 3.50. The zero-order chi connectivity index (χ0) is 14.6. The number of rotatable bonds is 7. The van der Waals surface area contributed by atoms with Gasteiger partial charge in [0.25, 0.3) is 0 Å². The molecule has 1 aromatic rings. The Kier molecular flexibility index (Phi) is 5.48. The van der Waals surface area contributed by atoms with E-state index in [0.717, 1.165) is 4.88 Å². The number of hydrogen-bond acceptors (Lipinski definition) is 5. The van der Waals surface area contributed by atoms with Crippen LogP contribution in [-0.2, 0) is 19.6 Å². The number of aryl methyl sites for hydroxylation is 2. The van der Waals surface area contributed by atoms with Gasteiger partial charge in [-0.3, -0.25) is 4.79 Å². The van der Waals surface area contributed by atoms with Crippen molar-refractivity contribution in [1.82, 2.24) is 4.72 Å². The molecule has 1 rings (SSSR count). The van der Waals surface area contributed by atoms with Crippen LogP contribution >= 0.6 is 11.3 Å². The number of ether oxygens (including phenoxy) is 1. The lowest BCUT2D eigenvalue weighted by atomic mass is 10.2. The molecule has 1 heterocycles. The summed E-state index contributed by atoms with van der Waals surface area (Å²) in [5, 5.41) is 8.65. The highest BCUT2D eigenvalue weighted by Crippen LogP contribution is 2.24. The summed E-state index contributed by atoms with van der Waals surface area (Å²) in [7, 11) is -2.27. The van der Waals surface area contributed by atoms with Crippen molar-refractivity contribution in [2.24, 2.45) is 0 Å². The monoisotopic (exact) mass is 307 g/mol. The number of aliphatic carboxylic acids is 1. The normalized spacial score (nSPS) is 13.4.